The zero-order chi connectivity index (χ0) is 24.3. The fourth-order valence-electron chi connectivity index (χ4n) is 3.01. The summed E-state index contributed by atoms with van der Waals surface area (Å²) in [7, 11) is 0. The lowest BCUT2D eigenvalue weighted by atomic mass is 9.97. The van der Waals surface area contributed by atoms with Crippen molar-refractivity contribution in [2.24, 2.45) is 10.9 Å². The number of H-pyrrole nitrogens is 1. The van der Waals surface area contributed by atoms with E-state index in [-0.39, 0.29) is 57.8 Å². The molecule has 1 aromatic carbocycles. The fraction of sp³-hybridized carbons (Fsp3) is 0.333. The molecule has 33 heavy (non-hydrogen) atoms. The number of hydrogen-bond acceptors (Lipinski definition) is 8. The first kappa shape index (κ1) is 24.4. The number of benzene rings is 1. The molecular weight excluding hydrogens is 475 g/mol. The number of hydrogen-bond donors (Lipinski definition) is 1. The zero-order valence-electron chi connectivity index (χ0n) is 18.0. The quantitative estimate of drug-likeness (QED) is 0.609. The predicted molar refractivity (Wildman–Crippen MR) is 122 cm³/mol. The van der Waals surface area contributed by atoms with Crippen LogP contribution in [0.15, 0.2) is 38.4 Å². The Labute approximate surface area is 197 Å². The van der Waals surface area contributed by atoms with Gasteiger partial charge in [-0.3, -0.25) is 19.4 Å². The van der Waals surface area contributed by atoms with Gasteiger partial charge in [-0.05, 0) is 25.0 Å². The van der Waals surface area contributed by atoms with Gasteiger partial charge in [0.1, 0.15) is 13.1 Å². The number of Topliss-reactive ketones (excluding diaryl/α,β-unsaturated/α-hetero) is 1. The first-order valence-electron chi connectivity index (χ1n) is 9.94. The van der Waals surface area contributed by atoms with Gasteiger partial charge in [-0.15, -0.1) is 0 Å². The Kier molecular flexibility index (Phi) is 7.50. The summed E-state index contributed by atoms with van der Waals surface area (Å²) in [6, 6.07) is 2.75. The minimum absolute atomic E-state index is 0.0111. The van der Waals surface area contributed by atoms with E-state index in [9.17, 15) is 19.2 Å². The van der Waals surface area contributed by atoms with Gasteiger partial charge in [-0.25, -0.2) is 14.5 Å². The highest BCUT2D eigenvalue weighted by Crippen LogP contribution is 2.37. The maximum absolute atomic E-state index is 12.3. The molecule has 12 heteroatoms. The Balaban J connectivity index is 1.95. The number of esters is 1. The molecule has 1 aliphatic heterocycles. The third kappa shape index (κ3) is 5.58. The summed E-state index contributed by atoms with van der Waals surface area (Å²) in [5.74, 6) is -0.541. The van der Waals surface area contributed by atoms with Crippen molar-refractivity contribution in [3.8, 4) is 17.0 Å². The highest BCUT2D eigenvalue weighted by molar-refractivity contribution is 6.38. The molecule has 1 N–H and O–H groups in total. The Morgan fingerprint density at radius 2 is 1.88 bits per heavy atom. The maximum atomic E-state index is 12.3. The van der Waals surface area contributed by atoms with Gasteiger partial charge in [-0.2, -0.15) is 5.10 Å². The first-order valence-corrected chi connectivity index (χ1v) is 10.7. The molecule has 2 heterocycles. The molecule has 2 aromatic rings. The second-order valence-electron chi connectivity index (χ2n) is 7.27. The minimum atomic E-state index is -0.869. The number of ketones is 1. The van der Waals surface area contributed by atoms with E-state index in [4.69, 9.17) is 32.7 Å². The minimum Gasteiger partial charge on any atom is -0.465 e. The normalized spacial score (nSPS) is 13.6. The van der Waals surface area contributed by atoms with Crippen molar-refractivity contribution in [1.82, 2.24) is 14.8 Å². The number of ether oxygens (including phenoxy) is 2. The number of carbonyl (C=O) groups is 2. The smallest absolute Gasteiger partial charge is 0.345 e. The van der Waals surface area contributed by atoms with Crippen LogP contribution in [-0.2, 0) is 20.9 Å². The third-order valence-electron chi connectivity index (χ3n) is 4.55. The van der Waals surface area contributed by atoms with Crippen LogP contribution in [0.1, 0.15) is 20.8 Å². The number of dihydropyridines is 1. The van der Waals surface area contributed by atoms with E-state index < -0.39 is 23.8 Å². The lowest BCUT2D eigenvalue weighted by Crippen LogP contribution is -2.35. The summed E-state index contributed by atoms with van der Waals surface area (Å²) < 4.78 is 11.3. The lowest BCUT2D eigenvalue weighted by Gasteiger charge is -2.17. The van der Waals surface area contributed by atoms with E-state index in [0.29, 0.717) is 5.57 Å². The number of aliphatic imine (C=N–C) groups is 1. The summed E-state index contributed by atoms with van der Waals surface area (Å²) in [6.07, 6.45) is 1.54. The second kappa shape index (κ2) is 10.1. The van der Waals surface area contributed by atoms with Crippen molar-refractivity contribution in [3.63, 3.8) is 0 Å². The number of carbonyl (C=O) groups excluding carboxylic acids is 2. The van der Waals surface area contributed by atoms with Crippen molar-refractivity contribution < 1.29 is 19.1 Å². The van der Waals surface area contributed by atoms with Crippen molar-refractivity contribution in [1.29, 1.82) is 0 Å². The molecule has 1 aliphatic rings. The Hall–Kier alpha value is -3.24. The molecule has 0 aliphatic carbocycles. The molecule has 0 saturated heterocycles. The number of aromatic nitrogens is 3. The molecule has 0 fully saturated rings. The molecule has 0 spiro atoms. The summed E-state index contributed by atoms with van der Waals surface area (Å²) in [4.78, 5) is 54.2. The molecule has 174 valence electrons. The fourth-order valence-corrected chi connectivity index (χ4v) is 3.57. The Morgan fingerprint density at radius 3 is 2.48 bits per heavy atom. The highest BCUT2D eigenvalue weighted by atomic mass is 35.5. The molecule has 0 radical (unpaired) electrons. The summed E-state index contributed by atoms with van der Waals surface area (Å²) in [5.41, 5.74) is -1.08. The van der Waals surface area contributed by atoms with E-state index in [1.165, 1.54) is 18.2 Å². The topological polar surface area (TPSA) is 133 Å². The Bertz CT molecular complexity index is 1270. The van der Waals surface area contributed by atoms with Crippen LogP contribution in [0.4, 0.5) is 0 Å². The number of aromatic amines is 1. The van der Waals surface area contributed by atoms with Gasteiger partial charge in [-0.1, -0.05) is 37.0 Å². The third-order valence-corrected chi connectivity index (χ3v) is 5.12. The second-order valence-corrected chi connectivity index (χ2v) is 8.09. The standard InChI is InChI=1S/C21H20Cl2N4O6/c1-4-32-17(29)9-27-21(31)25-20(30)18(26-27)11-5-13(22)19(14(23)6-11)33-16-7-12(10(2)3)15(28)8-24-16/h5-7,10H,4,8-9H2,1-3H3,(H,25,30,31). The van der Waals surface area contributed by atoms with Crippen LogP contribution in [0.3, 0.4) is 0 Å². The summed E-state index contributed by atoms with van der Waals surface area (Å²) in [5, 5.41) is 4.05. The first-order chi connectivity index (χ1) is 15.6. The molecule has 3 rings (SSSR count). The van der Waals surface area contributed by atoms with Crippen LogP contribution in [-0.4, -0.2) is 45.6 Å². The van der Waals surface area contributed by atoms with Crippen LogP contribution in [0, 0.1) is 5.92 Å². The van der Waals surface area contributed by atoms with Crippen molar-refractivity contribution >= 4 is 40.9 Å². The van der Waals surface area contributed by atoms with Crippen LogP contribution >= 0.6 is 23.2 Å². The lowest BCUT2D eigenvalue weighted by molar-refractivity contribution is -0.144. The van der Waals surface area contributed by atoms with Gasteiger partial charge >= 0.3 is 11.7 Å². The van der Waals surface area contributed by atoms with E-state index in [0.717, 1.165) is 4.68 Å². The van der Waals surface area contributed by atoms with Crippen LogP contribution in [0.25, 0.3) is 11.3 Å². The van der Waals surface area contributed by atoms with Crippen molar-refractivity contribution in [3.05, 3.63) is 54.7 Å². The molecular formula is C21H20Cl2N4O6. The van der Waals surface area contributed by atoms with Crippen molar-refractivity contribution in [2.75, 3.05) is 13.2 Å². The highest BCUT2D eigenvalue weighted by Gasteiger charge is 2.22. The maximum Gasteiger partial charge on any atom is 0.345 e. The number of rotatable bonds is 6. The van der Waals surface area contributed by atoms with E-state index in [1.54, 1.807) is 6.92 Å². The summed E-state index contributed by atoms with van der Waals surface area (Å²) in [6.45, 7) is 4.98. The predicted octanol–water partition coefficient (Wildman–Crippen LogP) is 2.41. The molecule has 0 amide bonds. The van der Waals surface area contributed by atoms with E-state index >= 15 is 0 Å². The number of nitrogens with one attached hydrogen (secondary N) is 1. The van der Waals surface area contributed by atoms with Crippen LogP contribution in [0.2, 0.25) is 10.0 Å². The van der Waals surface area contributed by atoms with Gasteiger partial charge < -0.3 is 9.47 Å². The van der Waals surface area contributed by atoms with Crippen LogP contribution in [0.5, 0.6) is 5.75 Å². The zero-order valence-corrected chi connectivity index (χ0v) is 19.5. The van der Waals surface area contributed by atoms with E-state index in [1.807, 2.05) is 13.8 Å². The number of nitrogens with zero attached hydrogens (tertiary/aromatic N) is 3. The molecule has 0 atom stereocenters. The summed E-state index contributed by atoms with van der Waals surface area (Å²) >= 11 is 12.7. The monoisotopic (exact) mass is 494 g/mol. The molecule has 1 aromatic heterocycles. The average Bonchev–Trinajstić information content (AvgIpc) is 2.73. The van der Waals surface area contributed by atoms with Gasteiger partial charge in [0.2, 0.25) is 5.90 Å². The largest absolute Gasteiger partial charge is 0.465 e. The van der Waals surface area contributed by atoms with Gasteiger partial charge in [0.25, 0.3) is 5.56 Å². The van der Waals surface area contributed by atoms with E-state index in [2.05, 4.69) is 15.1 Å². The van der Waals surface area contributed by atoms with Crippen LogP contribution < -0.4 is 16.0 Å². The Morgan fingerprint density at radius 1 is 1.21 bits per heavy atom. The molecule has 0 saturated carbocycles. The SMILES string of the molecule is CCOC(=O)Cn1nc(-c2cc(Cl)c(OC3=NCC(=O)C(C(C)C)=C3)c(Cl)c2)c(=O)[nH]c1=O. The van der Waals surface area contributed by atoms with Crippen molar-refractivity contribution in [2.45, 2.75) is 27.3 Å². The van der Waals surface area contributed by atoms with Gasteiger partial charge in [0.15, 0.2) is 17.2 Å². The average molecular weight is 495 g/mol. The molecule has 0 unspecified atom stereocenters. The van der Waals surface area contributed by atoms with Gasteiger partial charge in [0, 0.05) is 17.2 Å². The van der Waals surface area contributed by atoms with Gasteiger partial charge in [0.05, 0.1) is 16.7 Å². The number of halogens is 2. The molecule has 10 nitrogen and oxygen atoms in total. The molecule has 0 bridgehead atoms.